The predicted octanol–water partition coefficient (Wildman–Crippen LogP) is 2.96. The minimum atomic E-state index is -0.135. The Morgan fingerprint density at radius 2 is 2.00 bits per heavy atom. The minimum Gasteiger partial charge on any atom is -0.396 e. The van der Waals surface area contributed by atoms with E-state index in [9.17, 15) is 4.39 Å². The lowest BCUT2D eigenvalue weighted by Gasteiger charge is -2.25. The van der Waals surface area contributed by atoms with Gasteiger partial charge >= 0.3 is 0 Å². The standard InChI is InChI=1S/C17H29FN2O/c1-3-11-19-17(15-8-5-6-9-16(15)18)10-13-20(4-2)12-7-14-21/h5-6,8-9,17,19,21H,3-4,7,10-14H2,1-2H3. The Hall–Kier alpha value is -0.970. The maximum Gasteiger partial charge on any atom is 0.127 e. The fourth-order valence-corrected chi connectivity index (χ4v) is 2.48. The third kappa shape index (κ3) is 6.55. The number of aliphatic hydroxyl groups is 1. The second-order valence-electron chi connectivity index (χ2n) is 5.33. The van der Waals surface area contributed by atoms with Gasteiger partial charge < -0.3 is 15.3 Å². The fraction of sp³-hybridized carbons (Fsp3) is 0.647. The second kappa shape index (κ2) is 10.7. The van der Waals surface area contributed by atoms with Crippen LogP contribution in [0.1, 0.15) is 44.7 Å². The Bertz CT molecular complexity index is 387. The van der Waals surface area contributed by atoms with E-state index >= 15 is 0 Å². The largest absolute Gasteiger partial charge is 0.396 e. The molecule has 0 radical (unpaired) electrons. The summed E-state index contributed by atoms with van der Waals surface area (Å²) in [5.74, 6) is -0.135. The Balaban J connectivity index is 2.63. The summed E-state index contributed by atoms with van der Waals surface area (Å²) in [5.41, 5.74) is 0.754. The molecule has 3 nitrogen and oxygen atoms in total. The number of hydrogen-bond acceptors (Lipinski definition) is 3. The highest BCUT2D eigenvalue weighted by Crippen LogP contribution is 2.20. The Morgan fingerprint density at radius 3 is 2.62 bits per heavy atom. The molecule has 21 heavy (non-hydrogen) atoms. The van der Waals surface area contributed by atoms with Gasteiger partial charge in [-0.15, -0.1) is 0 Å². The molecule has 0 aliphatic carbocycles. The van der Waals surface area contributed by atoms with Crippen molar-refractivity contribution in [2.45, 2.75) is 39.2 Å². The normalized spacial score (nSPS) is 12.8. The van der Waals surface area contributed by atoms with Crippen LogP contribution in [-0.2, 0) is 0 Å². The van der Waals surface area contributed by atoms with Gasteiger partial charge in [0.15, 0.2) is 0 Å². The first-order chi connectivity index (χ1) is 10.2. The van der Waals surface area contributed by atoms with Gasteiger partial charge in [-0.25, -0.2) is 4.39 Å². The number of hydrogen-bond donors (Lipinski definition) is 2. The summed E-state index contributed by atoms with van der Waals surface area (Å²) in [7, 11) is 0. The van der Waals surface area contributed by atoms with E-state index in [1.54, 1.807) is 6.07 Å². The lowest BCUT2D eigenvalue weighted by Crippen LogP contribution is -2.31. The first-order valence-corrected chi connectivity index (χ1v) is 8.03. The van der Waals surface area contributed by atoms with E-state index in [0.717, 1.165) is 51.0 Å². The molecule has 0 aliphatic rings. The first-order valence-electron chi connectivity index (χ1n) is 8.03. The molecule has 1 aromatic rings. The van der Waals surface area contributed by atoms with Crippen molar-refractivity contribution < 1.29 is 9.50 Å². The third-order valence-electron chi connectivity index (χ3n) is 3.74. The molecule has 0 spiro atoms. The molecule has 0 saturated carbocycles. The van der Waals surface area contributed by atoms with Crippen LogP contribution in [0.3, 0.4) is 0 Å². The van der Waals surface area contributed by atoms with Crippen molar-refractivity contribution in [3.8, 4) is 0 Å². The van der Waals surface area contributed by atoms with E-state index in [2.05, 4.69) is 24.1 Å². The summed E-state index contributed by atoms with van der Waals surface area (Å²) >= 11 is 0. The van der Waals surface area contributed by atoms with Gasteiger partial charge in [-0.3, -0.25) is 0 Å². The Morgan fingerprint density at radius 1 is 1.24 bits per heavy atom. The quantitative estimate of drug-likeness (QED) is 0.659. The zero-order valence-corrected chi connectivity index (χ0v) is 13.3. The number of aliphatic hydroxyl groups excluding tert-OH is 1. The van der Waals surface area contributed by atoms with Crippen LogP contribution in [0.5, 0.6) is 0 Å². The molecule has 1 rings (SSSR count). The third-order valence-corrected chi connectivity index (χ3v) is 3.74. The van der Waals surface area contributed by atoms with Crippen molar-refractivity contribution in [1.82, 2.24) is 10.2 Å². The van der Waals surface area contributed by atoms with Gasteiger partial charge in [-0.2, -0.15) is 0 Å². The van der Waals surface area contributed by atoms with Crippen molar-refractivity contribution >= 4 is 0 Å². The highest BCUT2D eigenvalue weighted by molar-refractivity contribution is 5.21. The summed E-state index contributed by atoms with van der Waals surface area (Å²) in [4.78, 5) is 2.30. The Labute approximate surface area is 128 Å². The van der Waals surface area contributed by atoms with E-state index in [4.69, 9.17) is 5.11 Å². The lowest BCUT2D eigenvalue weighted by atomic mass is 10.0. The van der Waals surface area contributed by atoms with Crippen molar-refractivity contribution in [1.29, 1.82) is 0 Å². The van der Waals surface area contributed by atoms with Crippen LogP contribution < -0.4 is 5.32 Å². The summed E-state index contributed by atoms with van der Waals surface area (Å²) in [6.07, 6.45) is 2.70. The smallest absolute Gasteiger partial charge is 0.127 e. The van der Waals surface area contributed by atoms with Crippen LogP contribution in [0.2, 0.25) is 0 Å². The van der Waals surface area contributed by atoms with E-state index in [0.29, 0.717) is 0 Å². The first kappa shape index (κ1) is 18.1. The van der Waals surface area contributed by atoms with Crippen LogP contribution in [0.4, 0.5) is 4.39 Å². The molecule has 0 heterocycles. The zero-order valence-electron chi connectivity index (χ0n) is 13.3. The van der Waals surface area contributed by atoms with Gasteiger partial charge in [0.2, 0.25) is 0 Å². The molecule has 4 heteroatoms. The van der Waals surface area contributed by atoms with Gasteiger partial charge in [0, 0.05) is 24.8 Å². The van der Waals surface area contributed by atoms with Gasteiger partial charge in [0.05, 0.1) is 0 Å². The van der Waals surface area contributed by atoms with Gasteiger partial charge in [-0.05, 0) is 45.0 Å². The summed E-state index contributed by atoms with van der Waals surface area (Å²) in [5, 5.41) is 12.4. The molecule has 0 saturated heterocycles. The molecule has 1 atom stereocenters. The molecule has 120 valence electrons. The molecular formula is C17H29FN2O. The molecule has 0 amide bonds. The van der Waals surface area contributed by atoms with Crippen molar-refractivity contribution in [3.63, 3.8) is 0 Å². The molecule has 0 aliphatic heterocycles. The highest BCUT2D eigenvalue weighted by Gasteiger charge is 2.15. The van der Waals surface area contributed by atoms with E-state index < -0.39 is 0 Å². The van der Waals surface area contributed by atoms with Crippen LogP contribution in [0.15, 0.2) is 24.3 Å². The topological polar surface area (TPSA) is 35.5 Å². The van der Waals surface area contributed by atoms with E-state index in [1.165, 1.54) is 6.07 Å². The van der Waals surface area contributed by atoms with Gasteiger partial charge in [0.25, 0.3) is 0 Å². The van der Waals surface area contributed by atoms with E-state index in [1.807, 2.05) is 12.1 Å². The Kier molecular flexibility index (Phi) is 9.22. The zero-order chi connectivity index (χ0) is 15.5. The average Bonchev–Trinajstić information content (AvgIpc) is 2.51. The van der Waals surface area contributed by atoms with Crippen LogP contribution >= 0.6 is 0 Å². The SMILES string of the molecule is CCCNC(CCN(CC)CCCO)c1ccccc1F. The van der Waals surface area contributed by atoms with Crippen molar-refractivity contribution in [3.05, 3.63) is 35.6 Å². The van der Waals surface area contributed by atoms with Gasteiger partial charge in [-0.1, -0.05) is 32.0 Å². The number of halogens is 1. The second-order valence-corrected chi connectivity index (χ2v) is 5.33. The minimum absolute atomic E-state index is 0.0503. The fourth-order valence-electron chi connectivity index (χ4n) is 2.48. The highest BCUT2D eigenvalue weighted by atomic mass is 19.1. The summed E-state index contributed by atoms with van der Waals surface area (Å²) in [6, 6.07) is 7.07. The molecule has 1 aromatic carbocycles. The van der Waals surface area contributed by atoms with Crippen LogP contribution in [-0.4, -0.2) is 42.8 Å². The maximum atomic E-state index is 14.0. The van der Waals surface area contributed by atoms with Gasteiger partial charge in [0.1, 0.15) is 5.82 Å². The summed E-state index contributed by atoms with van der Waals surface area (Å²) < 4.78 is 14.0. The van der Waals surface area contributed by atoms with Crippen molar-refractivity contribution in [2.24, 2.45) is 0 Å². The number of benzene rings is 1. The molecule has 2 N–H and O–H groups in total. The number of nitrogens with zero attached hydrogens (tertiary/aromatic N) is 1. The monoisotopic (exact) mass is 296 g/mol. The average molecular weight is 296 g/mol. The van der Waals surface area contributed by atoms with Crippen LogP contribution in [0, 0.1) is 5.82 Å². The molecule has 0 fully saturated rings. The molecule has 0 aromatic heterocycles. The van der Waals surface area contributed by atoms with E-state index in [-0.39, 0.29) is 18.5 Å². The van der Waals surface area contributed by atoms with Crippen LogP contribution in [0.25, 0.3) is 0 Å². The van der Waals surface area contributed by atoms with Crippen molar-refractivity contribution in [2.75, 3.05) is 32.8 Å². The summed E-state index contributed by atoms with van der Waals surface area (Å²) in [6.45, 7) is 8.11. The molecule has 1 unspecified atom stereocenters. The maximum absolute atomic E-state index is 14.0. The predicted molar refractivity (Wildman–Crippen MR) is 85.9 cm³/mol. The molecular weight excluding hydrogens is 267 g/mol. The molecule has 0 bridgehead atoms. The number of nitrogens with one attached hydrogen (secondary N) is 1. The number of rotatable bonds is 11. The lowest BCUT2D eigenvalue weighted by molar-refractivity contribution is 0.222.